The van der Waals surface area contributed by atoms with Crippen molar-refractivity contribution in [1.29, 1.82) is 0 Å². The van der Waals surface area contributed by atoms with Gasteiger partial charge in [0.1, 0.15) is 5.00 Å². The van der Waals surface area contributed by atoms with Crippen molar-refractivity contribution in [3.05, 3.63) is 0 Å². The SMILES string of the molecule is COCCOCCNc1snc(N)c1S(=O)(=O)N(C)C. The summed E-state index contributed by atoms with van der Waals surface area (Å²) in [6.45, 7) is 1.91. The third kappa shape index (κ3) is 4.28. The third-order valence-electron chi connectivity index (χ3n) is 2.38. The van der Waals surface area contributed by atoms with Crippen LogP contribution in [0.5, 0.6) is 0 Å². The van der Waals surface area contributed by atoms with Crippen LogP contribution in [-0.4, -0.2) is 64.7 Å². The molecule has 0 aromatic carbocycles. The van der Waals surface area contributed by atoms with Crippen LogP contribution in [0.25, 0.3) is 0 Å². The van der Waals surface area contributed by atoms with Gasteiger partial charge in [0.05, 0.1) is 19.8 Å². The molecular weight excluding hydrogens is 304 g/mol. The van der Waals surface area contributed by atoms with Crippen LogP contribution in [0.15, 0.2) is 4.90 Å². The summed E-state index contributed by atoms with van der Waals surface area (Å²) in [5.41, 5.74) is 5.64. The minimum atomic E-state index is -3.61. The Bertz CT molecular complexity index is 515. The summed E-state index contributed by atoms with van der Waals surface area (Å²) >= 11 is 1.02. The van der Waals surface area contributed by atoms with Crippen molar-refractivity contribution < 1.29 is 17.9 Å². The number of rotatable bonds is 9. The summed E-state index contributed by atoms with van der Waals surface area (Å²) in [5, 5.41) is 3.40. The van der Waals surface area contributed by atoms with Gasteiger partial charge >= 0.3 is 0 Å². The van der Waals surface area contributed by atoms with E-state index in [2.05, 4.69) is 9.69 Å². The van der Waals surface area contributed by atoms with E-state index in [1.165, 1.54) is 14.1 Å². The molecule has 0 fully saturated rings. The van der Waals surface area contributed by atoms with Crippen LogP contribution < -0.4 is 11.1 Å². The molecule has 3 N–H and O–H groups in total. The molecule has 0 radical (unpaired) electrons. The van der Waals surface area contributed by atoms with Crippen LogP contribution in [-0.2, 0) is 19.5 Å². The van der Waals surface area contributed by atoms with E-state index in [0.29, 0.717) is 31.4 Å². The molecule has 10 heteroatoms. The molecule has 1 heterocycles. The van der Waals surface area contributed by atoms with Crippen molar-refractivity contribution in [3.63, 3.8) is 0 Å². The number of sulfonamides is 1. The lowest BCUT2D eigenvalue weighted by Crippen LogP contribution is -2.24. The highest BCUT2D eigenvalue weighted by Gasteiger charge is 2.27. The van der Waals surface area contributed by atoms with E-state index in [-0.39, 0.29) is 10.7 Å². The molecule has 8 nitrogen and oxygen atoms in total. The molecule has 0 aliphatic rings. The first-order valence-electron chi connectivity index (χ1n) is 5.89. The number of anilines is 2. The summed E-state index contributed by atoms with van der Waals surface area (Å²) in [4.78, 5) is 0.0180. The highest BCUT2D eigenvalue weighted by atomic mass is 32.2. The number of nitrogens with zero attached hydrogens (tertiary/aromatic N) is 2. The maximum atomic E-state index is 12.1. The van der Waals surface area contributed by atoms with Crippen LogP contribution >= 0.6 is 11.5 Å². The number of nitrogen functional groups attached to an aromatic ring is 1. The summed E-state index contributed by atoms with van der Waals surface area (Å²) < 4.78 is 39.4. The molecule has 116 valence electrons. The minimum absolute atomic E-state index is 0.00602. The zero-order valence-electron chi connectivity index (χ0n) is 11.7. The largest absolute Gasteiger partial charge is 0.382 e. The van der Waals surface area contributed by atoms with Crippen molar-refractivity contribution in [2.75, 3.05) is 58.6 Å². The first-order valence-corrected chi connectivity index (χ1v) is 8.10. The Kier molecular flexibility index (Phi) is 6.62. The fourth-order valence-electron chi connectivity index (χ4n) is 1.32. The van der Waals surface area contributed by atoms with Crippen LogP contribution in [0, 0.1) is 0 Å². The Morgan fingerprint density at radius 1 is 1.35 bits per heavy atom. The first kappa shape index (κ1) is 17.1. The van der Waals surface area contributed by atoms with E-state index in [4.69, 9.17) is 15.2 Å². The smallest absolute Gasteiger partial charge is 0.249 e. The van der Waals surface area contributed by atoms with E-state index in [9.17, 15) is 8.42 Å². The molecule has 1 rings (SSSR count). The van der Waals surface area contributed by atoms with Gasteiger partial charge in [-0.05, 0) is 11.5 Å². The molecule has 0 unspecified atom stereocenters. The molecule has 0 aliphatic heterocycles. The zero-order chi connectivity index (χ0) is 15.2. The molecule has 1 aromatic heterocycles. The number of ether oxygens (including phenoxy) is 2. The van der Waals surface area contributed by atoms with E-state index in [1.807, 2.05) is 0 Å². The van der Waals surface area contributed by atoms with Crippen molar-refractivity contribution in [2.24, 2.45) is 0 Å². The standard InChI is InChI=1S/C10H20N4O4S2/c1-14(2)20(15,16)8-9(11)13-19-10(8)12-4-5-18-7-6-17-3/h12H,4-7H2,1-3H3,(H2,11,13). The van der Waals surface area contributed by atoms with E-state index >= 15 is 0 Å². The maximum Gasteiger partial charge on any atom is 0.249 e. The Morgan fingerprint density at radius 2 is 2.05 bits per heavy atom. The second-order valence-electron chi connectivity index (χ2n) is 4.05. The fourth-order valence-corrected chi connectivity index (χ4v) is 3.42. The number of nitrogens with two attached hydrogens (primary N) is 1. The molecule has 0 bridgehead atoms. The lowest BCUT2D eigenvalue weighted by Gasteiger charge is -2.13. The minimum Gasteiger partial charge on any atom is -0.382 e. The molecule has 0 saturated carbocycles. The summed E-state index contributed by atoms with van der Waals surface area (Å²) in [7, 11) is 0.881. The highest BCUT2D eigenvalue weighted by Crippen LogP contribution is 2.32. The Morgan fingerprint density at radius 3 is 2.65 bits per heavy atom. The number of hydrogen-bond donors (Lipinski definition) is 2. The van der Waals surface area contributed by atoms with Crippen LogP contribution in [0.2, 0.25) is 0 Å². The van der Waals surface area contributed by atoms with E-state index in [0.717, 1.165) is 15.8 Å². The lowest BCUT2D eigenvalue weighted by molar-refractivity contribution is 0.0759. The third-order valence-corrected chi connectivity index (χ3v) is 5.22. The van der Waals surface area contributed by atoms with Gasteiger partial charge in [-0.25, -0.2) is 12.7 Å². The van der Waals surface area contributed by atoms with Gasteiger partial charge in [-0.15, -0.1) is 0 Å². The monoisotopic (exact) mass is 324 g/mol. The topological polar surface area (TPSA) is 107 Å². The van der Waals surface area contributed by atoms with Gasteiger partial charge in [0.15, 0.2) is 10.7 Å². The Hall–Kier alpha value is -0.940. The number of aromatic nitrogens is 1. The summed E-state index contributed by atoms with van der Waals surface area (Å²) in [5.74, 6) is 0.00602. The quantitative estimate of drug-likeness (QED) is 0.618. The fraction of sp³-hybridized carbons (Fsp3) is 0.700. The van der Waals surface area contributed by atoms with Gasteiger partial charge < -0.3 is 20.5 Å². The first-order chi connectivity index (χ1) is 9.41. The van der Waals surface area contributed by atoms with Crippen molar-refractivity contribution in [3.8, 4) is 0 Å². The zero-order valence-corrected chi connectivity index (χ0v) is 13.4. The summed E-state index contributed by atoms with van der Waals surface area (Å²) in [6.07, 6.45) is 0. The normalized spacial score (nSPS) is 12.0. The molecule has 0 amide bonds. The van der Waals surface area contributed by atoms with Gasteiger partial charge in [-0.1, -0.05) is 0 Å². The van der Waals surface area contributed by atoms with Crippen molar-refractivity contribution in [2.45, 2.75) is 4.90 Å². The average molecular weight is 324 g/mol. The molecule has 0 aliphatic carbocycles. The van der Waals surface area contributed by atoms with Gasteiger partial charge in [0, 0.05) is 27.7 Å². The molecule has 0 spiro atoms. The van der Waals surface area contributed by atoms with E-state index < -0.39 is 10.0 Å². The second kappa shape index (κ2) is 7.74. The van der Waals surface area contributed by atoms with Crippen LogP contribution in [0.4, 0.5) is 10.8 Å². The number of nitrogens with one attached hydrogen (secondary N) is 1. The maximum absolute atomic E-state index is 12.1. The molecular formula is C10H20N4O4S2. The van der Waals surface area contributed by atoms with Gasteiger partial charge in [0.2, 0.25) is 10.0 Å². The van der Waals surface area contributed by atoms with Crippen LogP contribution in [0.1, 0.15) is 0 Å². The van der Waals surface area contributed by atoms with Crippen molar-refractivity contribution >= 4 is 32.4 Å². The molecule has 0 atom stereocenters. The van der Waals surface area contributed by atoms with Gasteiger partial charge in [-0.3, -0.25) is 0 Å². The van der Waals surface area contributed by atoms with Gasteiger partial charge in [-0.2, -0.15) is 4.37 Å². The number of methoxy groups -OCH3 is 1. The molecule has 0 saturated heterocycles. The van der Waals surface area contributed by atoms with Crippen LogP contribution in [0.3, 0.4) is 0 Å². The molecule has 1 aromatic rings. The Balaban J connectivity index is 2.64. The Labute approximate surface area is 123 Å². The average Bonchev–Trinajstić information content (AvgIpc) is 2.75. The predicted molar refractivity (Wildman–Crippen MR) is 78.6 cm³/mol. The number of hydrogen-bond acceptors (Lipinski definition) is 8. The van der Waals surface area contributed by atoms with Gasteiger partial charge in [0.25, 0.3) is 0 Å². The second-order valence-corrected chi connectivity index (χ2v) is 6.91. The highest BCUT2D eigenvalue weighted by molar-refractivity contribution is 7.89. The summed E-state index contributed by atoms with van der Waals surface area (Å²) in [6, 6.07) is 0. The predicted octanol–water partition coefficient (Wildman–Crippen LogP) is 0.0505. The van der Waals surface area contributed by atoms with E-state index in [1.54, 1.807) is 7.11 Å². The van der Waals surface area contributed by atoms with Crippen molar-refractivity contribution in [1.82, 2.24) is 8.68 Å². The lowest BCUT2D eigenvalue weighted by atomic mass is 10.6. The molecule has 20 heavy (non-hydrogen) atoms.